The number of aromatic amines is 1. The summed E-state index contributed by atoms with van der Waals surface area (Å²) in [5.74, 6) is -0.598. The van der Waals surface area contributed by atoms with Gasteiger partial charge in [0.1, 0.15) is 11.9 Å². The van der Waals surface area contributed by atoms with Crippen molar-refractivity contribution in [2.24, 2.45) is 0 Å². The number of hydrogen-bond acceptors (Lipinski definition) is 3. The van der Waals surface area contributed by atoms with E-state index >= 15 is 0 Å². The van der Waals surface area contributed by atoms with Crippen LogP contribution < -0.4 is 0 Å². The number of ether oxygens (including phenoxy) is 1. The molecule has 0 bridgehead atoms. The molecular formula is C19H22FN3O3. The third kappa shape index (κ3) is 2.86. The van der Waals surface area contributed by atoms with Crippen LogP contribution in [0.1, 0.15) is 28.9 Å². The standard InChI is InChI=1S/C19H22FN3O3/c1-12-17(14-11-13(20)4-5-15(14)21-12)19(25)23-6-2-3-16(23)18(24)22-7-9-26-10-8-22/h4-5,11,16,21H,2-3,6-10H2,1H3. The van der Waals surface area contributed by atoms with Crippen molar-refractivity contribution in [1.82, 2.24) is 14.8 Å². The molecule has 2 fully saturated rings. The molecule has 2 aliphatic rings. The lowest BCUT2D eigenvalue weighted by Crippen LogP contribution is -2.51. The topological polar surface area (TPSA) is 65.6 Å². The number of halogens is 1. The van der Waals surface area contributed by atoms with Gasteiger partial charge in [-0.05, 0) is 38.0 Å². The van der Waals surface area contributed by atoms with Crippen molar-refractivity contribution < 1.29 is 18.7 Å². The fourth-order valence-electron chi connectivity index (χ4n) is 3.98. The molecule has 1 N–H and O–H groups in total. The van der Waals surface area contributed by atoms with Gasteiger partial charge in [0.2, 0.25) is 5.91 Å². The summed E-state index contributed by atoms with van der Waals surface area (Å²) in [6.45, 7) is 4.55. The first-order valence-corrected chi connectivity index (χ1v) is 9.01. The van der Waals surface area contributed by atoms with Gasteiger partial charge in [-0.2, -0.15) is 0 Å². The summed E-state index contributed by atoms with van der Waals surface area (Å²) in [6.07, 6.45) is 1.46. The Morgan fingerprint density at radius 2 is 2.00 bits per heavy atom. The second-order valence-electron chi connectivity index (χ2n) is 6.91. The molecule has 26 heavy (non-hydrogen) atoms. The Kier molecular flexibility index (Phi) is 4.40. The lowest BCUT2D eigenvalue weighted by molar-refractivity contribution is -0.139. The number of carbonyl (C=O) groups is 2. The molecule has 2 amide bonds. The van der Waals surface area contributed by atoms with Crippen molar-refractivity contribution in [3.63, 3.8) is 0 Å². The van der Waals surface area contributed by atoms with Crippen LogP contribution in [0.15, 0.2) is 18.2 Å². The van der Waals surface area contributed by atoms with Gasteiger partial charge in [0.15, 0.2) is 0 Å². The van der Waals surface area contributed by atoms with Gasteiger partial charge in [-0.1, -0.05) is 0 Å². The minimum absolute atomic E-state index is 0.0113. The van der Waals surface area contributed by atoms with Gasteiger partial charge in [0.25, 0.3) is 5.91 Å². The Morgan fingerprint density at radius 3 is 2.77 bits per heavy atom. The number of amides is 2. The first kappa shape index (κ1) is 17.0. The Bertz CT molecular complexity index is 857. The molecule has 4 rings (SSSR count). The maximum atomic E-state index is 13.7. The van der Waals surface area contributed by atoms with E-state index in [0.717, 1.165) is 11.9 Å². The van der Waals surface area contributed by atoms with E-state index < -0.39 is 6.04 Å². The fraction of sp³-hybridized carbons (Fsp3) is 0.474. The van der Waals surface area contributed by atoms with Gasteiger partial charge < -0.3 is 19.5 Å². The number of H-pyrrole nitrogens is 1. The summed E-state index contributed by atoms with van der Waals surface area (Å²) in [4.78, 5) is 32.7. The summed E-state index contributed by atoms with van der Waals surface area (Å²) in [5.41, 5.74) is 1.88. The third-order valence-corrected chi connectivity index (χ3v) is 5.28. The molecule has 6 nitrogen and oxygen atoms in total. The lowest BCUT2D eigenvalue weighted by atomic mass is 10.1. The average molecular weight is 359 g/mol. The molecule has 1 aromatic heterocycles. The Morgan fingerprint density at radius 1 is 1.23 bits per heavy atom. The second kappa shape index (κ2) is 6.72. The zero-order valence-electron chi connectivity index (χ0n) is 14.8. The van der Waals surface area contributed by atoms with Gasteiger partial charge in [-0.3, -0.25) is 9.59 Å². The number of likely N-dealkylation sites (tertiary alicyclic amines) is 1. The minimum Gasteiger partial charge on any atom is -0.378 e. The summed E-state index contributed by atoms with van der Waals surface area (Å²) in [6, 6.07) is 3.93. The molecule has 138 valence electrons. The Labute approximate surface area is 150 Å². The Hall–Kier alpha value is -2.41. The highest BCUT2D eigenvalue weighted by atomic mass is 19.1. The van der Waals surface area contributed by atoms with Crippen LogP contribution in [0.2, 0.25) is 0 Å². The van der Waals surface area contributed by atoms with Crippen LogP contribution in [0, 0.1) is 12.7 Å². The quantitative estimate of drug-likeness (QED) is 0.893. The average Bonchev–Trinajstić information content (AvgIpc) is 3.25. The molecule has 0 spiro atoms. The Balaban J connectivity index is 1.64. The number of nitrogens with zero attached hydrogens (tertiary/aromatic N) is 2. The van der Waals surface area contributed by atoms with Gasteiger partial charge in [-0.15, -0.1) is 0 Å². The summed E-state index contributed by atoms with van der Waals surface area (Å²) >= 11 is 0. The van der Waals surface area contributed by atoms with E-state index in [0.29, 0.717) is 55.9 Å². The largest absolute Gasteiger partial charge is 0.378 e. The molecule has 2 aromatic rings. The molecule has 0 radical (unpaired) electrons. The van der Waals surface area contributed by atoms with E-state index in [2.05, 4.69) is 4.98 Å². The van der Waals surface area contributed by atoms with Crippen molar-refractivity contribution >= 4 is 22.7 Å². The number of benzene rings is 1. The smallest absolute Gasteiger partial charge is 0.256 e. The molecule has 7 heteroatoms. The first-order chi connectivity index (χ1) is 12.6. The molecule has 1 atom stereocenters. The second-order valence-corrected chi connectivity index (χ2v) is 6.91. The monoisotopic (exact) mass is 359 g/mol. The van der Waals surface area contributed by atoms with Crippen LogP contribution in [0.5, 0.6) is 0 Å². The van der Waals surface area contributed by atoms with Crippen LogP contribution in [-0.4, -0.2) is 65.5 Å². The fourth-order valence-corrected chi connectivity index (χ4v) is 3.98. The van der Waals surface area contributed by atoms with Gasteiger partial charge in [-0.25, -0.2) is 4.39 Å². The van der Waals surface area contributed by atoms with E-state index in [1.807, 2.05) is 0 Å². The molecule has 1 aromatic carbocycles. The lowest BCUT2D eigenvalue weighted by Gasteiger charge is -2.32. The summed E-state index contributed by atoms with van der Waals surface area (Å²) in [7, 11) is 0. The zero-order chi connectivity index (χ0) is 18.3. The number of hydrogen-bond donors (Lipinski definition) is 1. The SMILES string of the molecule is Cc1[nH]c2ccc(F)cc2c1C(=O)N1CCCC1C(=O)N1CCOCC1. The van der Waals surface area contributed by atoms with Crippen LogP contribution in [0.25, 0.3) is 10.9 Å². The predicted molar refractivity (Wildman–Crippen MR) is 94.5 cm³/mol. The predicted octanol–water partition coefficient (Wildman–Crippen LogP) is 2.08. The number of rotatable bonds is 2. The van der Waals surface area contributed by atoms with Gasteiger partial charge >= 0.3 is 0 Å². The first-order valence-electron chi connectivity index (χ1n) is 9.01. The van der Waals surface area contributed by atoms with Crippen LogP contribution in [0.3, 0.4) is 0 Å². The van der Waals surface area contributed by atoms with Crippen LogP contribution >= 0.6 is 0 Å². The molecular weight excluding hydrogens is 337 g/mol. The van der Waals surface area contributed by atoms with Crippen molar-refractivity contribution in [2.45, 2.75) is 25.8 Å². The highest BCUT2D eigenvalue weighted by Crippen LogP contribution is 2.28. The van der Waals surface area contributed by atoms with Crippen LogP contribution in [-0.2, 0) is 9.53 Å². The number of morpholine rings is 1. The van der Waals surface area contributed by atoms with E-state index in [-0.39, 0.29) is 17.6 Å². The van der Waals surface area contributed by atoms with Crippen molar-refractivity contribution in [1.29, 1.82) is 0 Å². The van der Waals surface area contributed by atoms with Crippen molar-refractivity contribution in [3.8, 4) is 0 Å². The van der Waals surface area contributed by atoms with E-state index in [1.165, 1.54) is 12.1 Å². The van der Waals surface area contributed by atoms with E-state index in [4.69, 9.17) is 4.74 Å². The summed E-state index contributed by atoms with van der Waals surface area (Å²) < 4.78 is 19.0. The maximum Gasteiger partial charge on any atom is 0.256 e. The summed E-state index contributed by atoms with van der Waals surface area (Å²) in [5, 5.41) is 0.567. The van der Waals surface area contributed by atoms with Crippen molar-refractivity contribution in [3.05, 3.63) is 35.3 Å². The number of aryl methyl sites for hydroxylation is 1. The molecule has 1 unspecified atom stereocenters. The number of fused-ring (bicyclic) bond motifs is 1. The molecule has 2 saturated heterocycles. The van der Waals surface area contributed by atoms with Gasteiger partial charge in [0, 0.05) is 36.2 Å². The van der Waals surface area contributed by atoms with Crippen LogP contribution in [0.4, 0.5) is 4.39 Å². The third-order valence-electron chi connectivity index (χ3n) is 5.28. The molecule has 0 saturated carbocycles. The minimum atomic E-state index is -0.446. The molecule has 2 aliphatic heterocycles. The highest BCUT2D eigenvalue weighted by molar-refractivity contribution is 6.09. The maximum absolute atomic E-state index is 13.7. The number of nitrogens with one attached hydrogen (secondary N) is 1. The normalized spacial score (nSPS) is 20.8. The van der Waals surface area contributed by atoms with Crippen molar-refractivity contribution in [2.75, 3.05) is 32.8 Å². The number of carbonyl (C=O) groups excluding carboxylic acids is 2. The zero-order valence-corrected chi connectivity index (χ0v) is 14.8. The van der Waals surface area contributed by atoms with E-state index in [1.54, 1.807) is 22.8 Å². The molecule has 0 aliphatic carbocycles. The number of aromatic nitrogens is 1. The van der Waals surface area contributed by atoms with E-state index in [9.17, 15) is 14.0 Å². The molecule has 3 heterocycles. The van der Waals surface area contributed by atoms with Gasteiger partial charge in [0.05, 0.1) is 18.8 Å². The highest BCUT2D eigenvalue weighted by Gasteiger charge is 2.38.